The Morgan fingerprint density at radius 2 is 1.97 bits per heavy atom. The summed E-state index contributed by atoms with van der Waals surface area (Å²) in [6, 6.07) is 12.4. The first-order chi connectivity index (χ1) is 18.5. The molecule has 2 unspecified atom stereocenters. The predicted molar refractivity (Wildman–Crippen MR) is 140 cm³/mol. The highest BCUT2D eigenvalue weighted by atomic mass is 16.5. The molecule has 5 rings (SSSR count). The molecule has 2 fully saturated rings. The van der Waals surface area contributed by atoms with Crippen LogP contribution in [0.4, 0.5) is 0 Å². The normalized spacial score (nSPS) is 25.3. The van der Waals surface area contributed by atoms with Crippen LogP contribution in [-0.4, -0.2) is 59.4 Å². The Bertz CT molecular complexity index is 1160. The molecule has 1 aromatic heterocycles. The molecular weight excluding hydrogens is 484 g/mol. The maximum atomic E-state index is 14.3. The summed E-state index contributed by atoms with van der Waals surface area (Å²) in [6.07, 6.45) is 9.13. The second-order valence-electron chi connectivity index (χ2n) is 10.4. The summed E-state index contributed by atoms with van der Waals surface area (Å²) in [6.45, 7) is 2.68. The third kappa shape index (κ3) is 5.14. The van der Waals surface area contributed by atoms with Crippen LogP contribution in [-0.2, 0) is 30.5 Å². The molecule has 2 amide bonds. The maximum absolute atomic E-state index is 14.3. The van der Waals surface area contributed by atoms with Crippen LogP contribution in [0, 0.1) is 5.92 Å². The molecule has 202 valence electrons. The van der Waals surface area contributed by atoms with Crippen molar-refractivity contribution in [3.05, 3.63) is 71.7 Å². The van der Waals surface area contributed by atoms with E-state index in [1.807, 2.05) is 30.3 Å². The summed E-state index contributed by atoms with van der Waals surface area (Å²) < 4.78 is 17.3. The van der Waals surface area contributed by atoms with Gasteiger partial charge in [-0.2, -0.15) is 0 Å². The van der Waals surface area contributed by atoms with E-state index in [-0.39, 0.29) is 38.0 Å². The molecule has 3 aliphatic rings. The minimum absolute atomic E-state index is 0.0151. The number of piperazine rings is 1. The highest BCUT2D eigenvalue weighted by Gasteiger charge is 2.64. The first-order valence-corrected chi connectivity index (χ1v) is 13.6. The van der Waals surface area contributed by atoms with Gasteiger partial charge in [0.1, 0.15) is 17.3 Å². The monoisotopic (exact) mass is 520 g/mol. The number of rotatable bonds is 10. The number of benzene rings is 1. The molecule has 2 saturated heterocycles. The molecule has 2 aromatic rings. The Hall–Kier alpha value is -3.39. The molecule has 0 radical (unpaired) electrons. The largest absolute Gasteiger partial charge is 0.467 e. The molecule has 1 aromatic carbocycles. The fourth-order valence-electron chi connectivity index (χ4n) is 6.15. The number of carbonyl (C=O) groups excluding carboxylic acids is 3. The van der Waals surface area contributed by atoms with E-state index in [1.54, 1.807) is 28.9 Å². The van der Waals surface area contributed by atoms with Crippen LogP contribution >= 0.6 is 0 Å². The van der Waals surface area contributed by atoms with Gasteiger partial charge in [0.15, 0.2) is 0 Å². The van der Waals surface area contributed by atoms with Crippen molar-refractivity contribution >= 4 is 17.8 Å². The van der Waals surface area contributed by atoms with Crippen molar-refractivity contribution in [2.24, 2.45) is 5.92 Å². The van der Waals surface area contributed by atoms with E-state index in [0.29, 0.717) is 18.9 Å². The van der Waals surface area contributed by atoms with Gasteiger partial charge >= 0.3 is 5.97 Å². The zero-order valence-corrected chi connectivity index (χ0v) is 22.0. The van der Waals surface area contributed by atoms with Gasteiger partial charge in [-0.3, -0.25) is 14.4 Å². The minimum Gasteiger partial charge on any atom is -0.467 e. The van der Waals surface area contributed by atoms with Crippen molar-refractivity contribution in [2.75, 3.05) is 26.3 Å². The van der Waals surface area contributed by atoms with Crippen molar-refractivity contribution in [3.8, 4) is 0 Å². The molecule has 3 heterocycles. The molecule has 38 heavy (non-hydrogen) atoms. The smallest absolute Gasteiger partial charge is 0.311 e. The first-order valence-electron chi connectivity index (χ1n) is 13.6. The van der Waals surface area contributed by atoms with E-state index < -0.39 is 23.5 Å². The third-order valence-corrected chi connectivity index (χ3v) is 7.92. The number of furan rings is 1. The summed E-state index contributed by atoms with van der Waals surface area (Å²) >= 11 is 0. The van der Waals surface area contributed by atoms with Gasteiger partial charge in [0, 0.05) is 6.54 Å². The summed E-state index contributed by atoms with van der Waals surface area (Å²) in [4.78, 5) is 44.5. The van der Waals surface area contributed by atoms with E-state index in [2.05, 4.69) is 6.08 Å². The first kappa shape index (κ1) is 26.2. The van der Waals surface area contributed by atoms with Gasteiger partial charge in [-0.05, 0) is 63.1 Å². The Morgan fingerprint density at radius 1 is 1.13 bits per heavy atom. The minimum atomic E-state index is -1.32. The van der Waals surface area contributed by atoms with Crippen molar-refractivity contribution in [3.63, 3.8) is 0 Å². The SMILES string of the molecule is CCOC(=O)C1C[C@]2(COCc3ccccc3)C(=O)N(CCC3=CCCCC3)CC(=O)N2C1c1ccco1. The highest BCUT2D eigenvalue weighted by molar-refractivity contribution is 6.00. The second kappa shape index (κ2) is 11.6. The molecule has 0 bridgehead atoms. The van der Waals surface area contributed by atoms with Crippen LogP contribution in [0.15, 0.2) is 64.8 Å². The number of fused-ring (bicyclic) bond motifs is 1. The van der Waals surface area contributed by atoms with Crippen molar-refractivity contribution in [1.82, 2.24) is 9.80 Å². The van der Waals surface area contributed by atoms with E-state index in [1.165, 1.54) is 18.3 Å². The predicted octanol–water partition coefficient (Wildman–Crippen LogP) is 4.42. The van der Waals surface area contributed by atoms with Crippen molar-refractivity contribution in [2.45, 2.75) is 63.6 Å². The summed E-state index contributed by atoms with van der Waals surface area (Å²) in [5.41, 5.74) is 0.992. The average molecular weight is 521 g/mol. The average Bonchev–Trinajstić information content (AvgIpc) is 3.59. The zero-order valence-electron chi connectivity index (χ0n) is 22.0. The number of hydrogen-bond acceptors (Lipinski definition) is 6. The second-order valence-corrected chi connectivity index (χ2v) is 10.4. The fourth-order valence-corrected chi connectivity index (χ4v) is 6.15. The highest BCUT2D eigenvalue weighted by Crippen LogP contribution is 2.50. The molecule has 0 N–H and O–H groups in total. The Labute approximate surface area is 223 Å². The lowest BCUT2D eigenvalue weighted by Crippen LogP contribution is -2.67. The lowest BCUT2D eigenvalue weighted by molar-refractivity contribution is -0.169. The van der Waals surface area contributed by atoms with Gasteiger partial charge in [0.25, 0.3) is 5.91 Å². The number of carbonyl (C=O) groups is 3. The van der Waals surface area contributed by atoms with E-state index in [4.69, 9.17) is 13.9 Å². The van der Waals surface area contributed by atoms with Crippen molar-refractivity contribution in [1.29, 1.82) is 0 Å². The van der Waals surface area contributed by atoms with Gasteiger partial charge in [-0.15, -0.1) is 0 Å². The molecular formula is C30H36N2O6. The molecule has 0 saturated carbocycles. The molecule has 2 aliphatic heterocycles. The Kier molecular flexibility index (Phi) is 7.98. The molecule has 1 aliphatic carbocycles. The summed E-state index contributed by atoms with van der Waals surface area (Å²) in [7, 11) is 0. The summed E-state index contributed by atoms with van der Waals surface area (Å²) in [5.74, 6) is -1.10. The number of hydrogen-bond donors (Lipinski definition) is 0. The van der Waals surface area contributed by atoms with Crippen LogP contribution in [0.25, 0.3) is 0 Å². The van der Waals surface area contributed by atoms with E-state index >= 15 is 0 Å². The van der Waals surface area contributed by atoms with Gasteiger partial charge in [-0.1, -0.05) is 42.0 Å². The third-order valence-electron chi connectivity index (χ3n) is 7.92. The van der Waals surface area contributed by atoms with Gasteiger partial charge in [0.05, 0.1) is 38.5 Å². The standard InChI is InChI=1S/C30H36N2O6/c1-2-37-28(34)24-18-30(21-36-20-23-12-7-4-8-13-23)29(35)31(16-15-22-10-5-3-6-11-22)19-26(33)32(30)27(24)25-14-9-17-38-25/h4,7-10,12-14,17,24,27H,2-3,5-6,11,15-16,18-21H2,1H3/t24?,27?,30-/m0/s1. The van der Waals surface area contributed by atoms with Gasteiger partial charge < -0.3 is 23.7 Å². The van der Waals surface area contributed by atoms with Crippen LogP contribution in [0.1, 0.15) is 62.8 Å². The fraction of sp³-hybridized carbons (Fsp3) is 0.500. The quantitative estimate of drug-likeness (QED) is 0.340. The van der Waals surface area contributed by atoms with Gasteiger partial charge in [0.2, 0.25) is 5.91 Å². The van der Waals surface area contributed by atoms with Crippen LogP contribution in [0.5, 0.6) is 0 Å². The molecule has 8 heteroatoms. The van der Waals surface area contributed by atoms with E-state index in [0.717, 1.165) is 31.2 Å². The number of allylic oxidation sites excluding steroid dienone is 1. The lowest BCUT2D eigenvalue weighted by atomic mass is 9.88. The Balaban J connectivity index is 1.46. The topological polar surface area (TPSA) is 89.3 Å². The van der Waals surface area contributed by atoms with Crippen LogP contribution < -0.4 is 0 Å². The van der Waals surface area contributed by atoms with Crippen LogP contribution in [0.3, 0.4) is 0 Å². The number of esters is 1. The van der Waals surface area contributed by atoms with Gasteiger partial charge in [-0.25, -0.2) is 0 Å². The Morgan fingerprint density at radius 3 is 2.68 bits per heavy atom. The molecule has 0 spiro atoms. The van der Waals surface area contributed by atoms with Crippen molar-refractivity contribution < 1.29 is 28.3 Å². The zero-order chi connectivity index (χ0) is 26.5. The molecule has 3 atom stereocenters. The van der Waals surface area contributed by atoms with E-state index in [9.17, 15) is 14.4 Å². The number of amides is 2. The number of nitrogens with zero attached hydrogens (tertiary/aromatic N) is 2. The lowest BCUT2D eigenvalue weighted by Gasteiger charge is -2.46. The summed E-state index contributed by atoms with van der Waals surface area (Å²) in [5, 5.41) is 0. The number of ether oxygens (including phenoxy) is 2. The molecule has 8 nitrogen and oxygen atoms in total. The maximum Gasteiger partial charge on any atom is 0.311 e. The van der Waals surface area contributed by atoms with Crippen LogP contribution in [0.2, 0.25) is 0 Å².